The van der Waals surface area contributed by atoms with E-state index < -0.39 is 5.76 Å². The third-order valence-corrected chi connectivity index (χ3v) is 7.80. The van der Waals surface area contributed by atoms with Crippen molar-refractivity contribution in [2.24, 2.45) is 11.8 Å². The Morgan fingerprint density at radius 3 is 2.67 bits per heavy atom. The van der Waals surface area contributed by atoms with Gasteiger partial charge in [0.1, 0.15) is 22.9 Å². The maximum absolute atomic E-state index is 15.0. The lowest BCUT2D eigenvalue weighted by Gasteiger charge is -2.28. The molecule has 200 valence electrons. The minimum atomic E-state index is -0.717. The SMILES string of the molecule is CC(c1ccccc1F)c1nc2nc(-c3noc(=O)[nH]3)nc(-c3cncc(Cl)c3)c2n1C[C@H]1CC[C@H](C)CC1. The zero-order valence-electron chi connectivity index (χ0n) is 21.6. The summed E-state index contributed by atoms with van der Waals surface area (Å²) in [5, 5.41) is 4.22. The molecule has 6 rings (SSSR count). The van der Waals surface area contributed by atoms with Crippen LogP contribution < -0.4 is 5.76 Å². The minimum Gasteiger partial charge on any atom is -0.324 e. The highest BCUT2D eigenvalue weighted by Crippen LogP contribution is 2.37. The molecule has 1 aliphatic rings. The molecule has 5 aromatic rings. The Morgan fingerprint density at radius 1 is 1.15 bits per heavy atom. The van der Waals surface area contributed by atoms with E-state index in [9.17, 15) is 9.18 Å². The van der Waals surface area contributed by atoms with E-state index >= 15 is 0 Å². The van der Waals surface area contributed by atoms with Gasteiger partial charge in [-0.15, -0.1) is 0 Å². The molecule has 39 heavy (non-hydrogen) atoms. The van der Waals surface area contributed by atoms with Crippen LogP contribution in [0.3, 0.4) is 0 Å². The van der Waals surface area contributed by atoms with Crippen molar-refractivity contribution >= 4 is 22.8 Å². The van der Waals surface area contributed by atoms with E-state index in [2.05, 4.69) is 31.6 Å². The lowest BCUT2D eigenvalue weighted by atomic mass is 9.83. The van der Waals surface area contributed by atoms with Crippen LogP contribution in [-0.2, 0) is 6.54 Å². The second-order valence-electron chi connectivity index (χ2n) is 10.4. The molecule has 1 fully saturated rings. The van der Waals surface area contributed by atoms with Crippen molar-refractivity contribution in [2.45, 2.75) is 52.0 Å². The highest BCUT2D eigenvalue weighted by molar-refractivity contribution is 6.30. The zero-order valence-corrected chi connectivity index (χ0v) is 22.3. The van der Waals surface area contributed by atoms with Crippen LogP contribution in [0.5, 0.6) is 0 Å². The molecule has 0 saturated heterocycles. The van der Waals surface area contributed by atoms with Crippen molar-refractivity contribution in [3.05, 3.63) is 75.5 Å². The lowest BCUT2D eigenvalue weighted by molar-refractivity contribution is 0.264. The smallest absolute Gasteiger partial charge is 0.324 e. The summed E-state index contributed by atoms with van der Waals surface area (Å²) < 4.78 is 21.8. The van der Waals surface area contributed by atoms with Crippen LogP contribution >= 0.6 is 11.6 Å². The van der Waals surface area contributed by atoms with E-state index in [-0.39, 0.29) is 23.4 Å². The molecule has 1 aromatic carbocycles. The van der Waals surface area contributed by atoms with Crippen molar-refractivity contribution in [1.82, 2.24) is 34.6 Å². The third-order valence-electron chi connectivity index (χ3n) is 7.60. The predicted octanol–water partition coefficient (Wildman–Crippen LogP) is 6.00. The molecule has 4 heterocycles. The summed E-state index contributed by atoms with van der Waals surface area (Å²) in [5.74, 6) is 0.686. The predicted molar refractivity (Wildman–Crippen MR) is 145 cm³/mol. The molecule has 1 saturated carbocycles. The Kier molecular flexibility index (Phi) is 6.72. The maximum atomic E-state index is 15.0. The van der Waals surface area contributed by atoms with Gasteiger partial charge in [-0.05, 0) is 42.4 Å². The quantitative estimate of drug-likeness (QED) is 0.277. The van der Waals surface area contributed by atoms with Gasteiger partial charge in [0.25, 0.3) is 0 Å². The van der Waals surface area contributed by atoms with Gasteiger partial charge < -0.3 is 4.57 Å². The number of imidazole rings is 1. The van der Waals surface area contributed by atoms with E-state index in [1.165, 1.54) is 18.9 Å². The van der Waals surface area contributed by atoms with Crippen molar-refractivity contribution < 1.29 is 8.91 Å². The summed E-state index contributed by atoms with van der Waals surface area (Å²) >= 11 is 6.32. The number of H-pyrrole nitrogens is 1. The summed E-state index contributed by atoms with van der Waals surface area (Å²) in [7, 11) is 0. The summed E-state index contributed by atoms with van der Waals surface area (Å²) in [6.45, 7) is 4.94. The van der Waals surface area contributed by atoms with Gasteiger partial charge in [-0.2, -0.15) is 0 Å². The number of halogens is 2. The van der Waals surface area contributed by atoms with Gasteiger partial charge in [-0.3, -0.25) is 14.5 Å². The second-order valence-corrected chi connectivity index (χ2v) is 10.8. The Hall–Kier alpha value is -3.92. The first-order chi connectivity index (χ1) is 18.9. The summed E-state index contributed by atoms with van der Waals surface area (Å²) in [6.07, 6.45) is 7.75. The fourth-order valence-electron chi connectivity index (χ4n) is 5.48. The number of nitrogens with zero attached hydrogens (tertiary/aromatic N) is 6. The van der Waals surface area contributed by atoms with E-state index in [0.29, 0.717) is 57.2 Å². The summed E-state index contributed by atoms with van der Waals surface area (Å²) in [5.41, 5.74) is 2.85. The largest absolute Gasteiger partial charge is 0.439 e. The number of nitrogens with one attached hydrogen (secondary N) is 1. The molecule has 9 nitrogen and oxygen atoms in total. The normalized spacial score (nSPS) is 18.5. The van der Waals surface area contributed by atoms with E-state index in [1.807, 2.05) is 13.0 Å². The van der Waals surface area contributed by atoms with Gasteiger partial charge >= 0.3 is 5.76 Å². The summed E-state index contributed by atoms with van der Waals surface area (Å²) in [6, 6.07) is 8.52. The van der Waals surface area contributed by atoms with Crippen LogP contribution in [0.4, 0.5) is 4.39 Å². The lowest BCUT2D eigenvalue weighted by Crippen LogP contribution is -2.20. The highest BCUT2D eigenvalue weighted by atomic mass is 35.5. The molecule has 0 spiro atoms. The number of hydrogen-bond donors (Lipinski definition) is 1. The molecule has 0 bridgehead atoms. The van der Waals surface area contributed by atoms with Crippen LogP contribution in [0.25, 0.3) is 34.1 Å². The van der Waals surface area contributed by atoms with Crippen molar-refractivity contribution in [2.75, 3.05) is 0 Å². The Bertz CT molecular complexity index is 1700. The molecule has 1 N–H and O–H groups in total. The average Bonchev–Trinajstić information content (AvgIpc) is 3.53. The van der Waals surface area contributed by atoms with Gasteiger partial charge in [-0.1, -0.05) is 61.6 Å². The first-order valence-electron chi connectivity index (χ1n) is 13.1. The number of pyridine rings is 1. The number of aromatic nitrogens is 7. The van der Waals surface area contributed by atoms with Gasteiger partial charge in [0.15, 0.2) is 5.65 Å². The topological polar surface area (TPSA) is 115 Å². The second kappa shape index (κ2) is 10.3. The number of benzene rings is 1. The maximum Gasteiger partial charge on any atom is 0.439 e. The molecule has 4 aromatic heterocycles. The molecule has 0 aliphatic heterocycles. The van der Waals surface area contributed by atoms with Crippen LogP contribution in [0.2, 0.25) is 5.02 Å². The number of fused-ring (bicyclic) bond motifs is 1. The van der Waals surface area contributed by atoms with Gasteiger partial charge in [-0.25, -0.2) is 24.1 Å². The molecule has 1 unspecified atom stereocenters. The number of rotatable bonds is 6. The van der Waals surface area contributed by atoms with Crippen molar-refractivity contribution in [3.8, 4) is 22.9 Å². The van der Waals surface area contributed by atoms with E-state index in [1.54, 1.807) is 30.6 Å². The molecule has 1 atom stereocenters. The van der Waals surface area contributed by atoms with Gasteiger partial charge in [0, 0.05) is 30.4 Å². The monoisotopic (exact) mass is 547 g/mol. The standard InChI is InChI=1S/C28H27ClFN7O2/c1-15-7-9-17(10-8-15)14-37-23-22(18-11-19(29)13-31-12-18)32-25(26-35-28(38)39-36-26)33-24(23)34-27(37)16(2)20-5-3-4-6-21(20)30/h3-6,11-13,15-17H,7-10,14H2,1-2H3,(H,35,36,38)/t15-,16?,17-. The van der Waals surface area contributed by atoms with Gasteiger partial charge in [0.05, 0.1) is 5.02 Å². The fourth-order valence-corrected chi connectivity index (χ4v) is 5.65. The van der Waals surface area contributed by atoms with Crippen molar-refractivity contribution in [3.63, 3.8) is 0 Å². The number of aromatic amines is 1. The molecular formula is C28H27ClFN7O2. The molecule has 11 heteroatoms. The average molecular weight is 548 g/mol. The summed E-state index contributed by atoms with van der Waals surface area (Å²) in [4.78, 5) is 32.9. The molecule has 0 radical (unpaired) electrons. The first-order valence-corrected chi connectivity index (χ1v) is 13.4. The third kappa shape index (κ3) is 4.96. The molecule has 1 aliphatic carbocycles. The zero-order chi connectivity index (χ0) is 27.1. The van der Waals surface area contributed by atoms with Gasteiger partial charge in [0.2, 0.25) is 11.6 Å². The van der Waals surface area contributed by atoms with Crippen LogP contribution in [0.15, 0.2) is 52.0 Å². The van der Waals surface area contributed by atoms with Crippen LogP contribution in [0, 0.1) is 17.7 Å². The van der Waals surface area contributed by atoms with E-state index in [0.717, 1.165) is 12.8 Å². The fraction of sp³-hybridized carbons (Fsp3) is 0.357. The molecular weight excluding hydrogens is 521 g/mol. The first kappa shape index (κ1) is 25.4. The Morgan fingerprint density at radius 2 is 1.95 bits per heavy atom. The van der Waals surface area contributed by atoms with Crippen LogP contribution in [0.1, 0.15) is 56.8 Å². The van der Waals surface area contributed by atoms with E-state index in [4.69, 9.17) is 26.1 Å². The Labute approximate surface area is 228 Å². The minimum absolute atomic E-state index is 0.0812. The molecule has 0 amide bonds. The van der Waals surface area contributed by atoms with Crippen LogP contribution in [-0.4, -0.2) is 34.6 Å². The Balaban J connectivity index is 1.60. The highest BCUT2D eigenvalue weighted by Gasteiger charge is 2.28. The van der Waals surface area contributed by atoms with Crippen molar-refractivity contribution in [1.29, 1.82) is 0 Å². The number of hydrogen-bond acceptors (Lipinski definition) is 7.